The summed E-state index contributed by atoms with van der Waals surface area (Å²) in [7, 11) is 0. The fraction of sp³-hybridized carbons (Fsp3) is 0.188. The van der Waals surface area contributed by atoms with Gasteiger partial charge in [-0.2, -0.15) is 0 Å². The van der Waals surface area contributed by atoms with E-state index < -0.39 is 0 Å². The Morgan fingerprint density at radius 2 is 1.81 bits per heavy atom. The SMILES string of the molecule is Oc1cc(O)cc(-c2nc3c(F)cccc3n2C2CC2)c1. The molecule has 0 amide bonds. The number of imidazole rings is 1. The summed E-state index contributed by atoms with van der Waals surface area (Å²) in [5, 5.41) is 19.3. The van der Waals surface area contributed by atoms with Crippen LogP contribution < -0.4 is 0 Å². The maximum absolute atomic E-state index is 14.0. The van der Waals surface area contributed by atoms with Crippen LogP contribution in [0.1, 0.15) is 18.9 Å². The summed E-state index contributed by atoms with van der Waals surface area (Å²) < 4.78 is 16.0. The number of aromatic nitrogens is 2. The van der Waals surface area contributed by atoms with E-state index in [4.69, 9.17) is 0 Å². The molecule has 0 unspecified atom stereocenters. The molecule has 1 aromatic heterocycles. The molecular formula is C16H13FN2O2. The first-order valence-electron chi connectivity index (χ1n) is 6.83. The molecule has 3 aromatic rings. The lowest BCUT2D eigenvalue weighted by Gasteiger charge is -2.08. The Bertz CT molecular complexity index is 833. The summed E-state index contributed by atoms with van der Waals surface area (Å²) in [5.74, 6) is 0.126. The van der Waals surface area contributed by atoms with Crippen LogP contribution in [0.25, 0.3) is 22.4 Å². The van der Waals surface area contributed by atoms with Gasteiger partial charge in [0.25, 0.3) is 0 Å². The molecule has 1 heterocycles. The normalized spacial score (nSPS) is 14.7. The Morgan fingerprint density at radius 3 is 2.48 bits per heavy atom. The molecule has 2 N–H and O–H groups in total. The van der Waals surface area contributed by atoms with Crippen LogP contribution in [0.15, 0.2) is 36.4 Å². The minimum atomic E-state index is -0.363. The van der Waals surface area contributed by atoms with E-state index >= 15 is 0 Å². The van der Waals surface area contributed by atoms with Gasteiger partial charge in [-0.1, -0.05) is 6.07 Å². The number of phenolic OH excluding ortho intramolecular Hbond substituents is 2. The van der Waals surface area contributed by atoms with Gasteiger partial charge in [0.2, 0.25) is 0 Å². The summed E-state index contributed by atoms with van der Waals surface area (Å²) in [4.78, 5) is 4.39. The Balaban J connectivity index is 2.03. The first-order valence-corrected chi connectivity index (χ1v) is 6.83. The maximum Gasteiger partial charge on any atom is 0.151 e. The number of para-hydroxylation sites is 1. The molecule has 1 aliphatic carbocycles. The molecule has 1 saturated carbocycles. The molecule has 106 valence electrons. The molecule has 0 aliphatic heterocycles. The number of rotatable bonds is 2. The Hall–Kier alpha value is -2.56. The zero-order chi connectivity index (χ0) is 14.6. The predicted molar refractivity (Wildman–Crippen MR) is 76.7 cm³/mol. The van der Waals surface area contributed by atoms with Gasteiger partial charge in [-0.25, -0.2) is 9.37 Å². The van der Waals surface area contributed by atoms with E-state index in [9.17, 15) is 14.6 Å². The highest BCUT2D eigenvalue weighted by Crippen LogP contribution is 2.42. The first kappa shape index (κ1) is 12.2. The van der Waals surface area contributed by atoms with Gasteiger partial charge in [0.15, 0.2) is 5.82 Å². The molecule has 5 heteroatoms. The smallest absolute Gasteiger partial charge is 0.151 e. The van der Waals surface area contributed by atoms with Crippen molar-refractivity contribution in [2.75, 3.05) is 0 Å². The summed E-state index contributed by atoms with van der Waals surface area (Å²) in [6.07, 6.45) is 2.06. The molecular weight excluding hydrogens is 271 g/mol. The molecule has 2 aromatic carbocycles. The van der Waals surface area contributed by atoms with Crippen molar-refractivity contribution in [1.82, 2.24) is 9.55 Å². The molecule has 0 saturated heterocycles. The lowest BCUT2D eigenvalue weighted by Crippen LogP contribution is -1.97. The van der Waals surface area contributed by atoms with E-state index in [1.165, 1.54) is 24.3 Å². The van der Waals surface area contributed by atoms with E-state index in [1.807, 2.05) is 10.6 Å². The van der Waals surface area contributed by atoms with Crippen molar-refractivity contribution in [3.63, 3.8) is 0 Å². The number of phenols is 2. The standard InChI is InChI=1S/C16H13FN2O2/c17-13-2-1-3-14-15(13)18-16(19(14)10-4-5-10)9-6-11(20)8-12(21)7-9/h1-3,6-8,10,20-21H,4-5H2. The summed E-state index contributed by atoms with van der Waals surface area (Å²) in [6.45, 7) is 0. The van der Waals surface area contributed by atoms with E-state index in [0.29, 0.717) is 22.9 Å². The number of benzene rings is 2. The maximum atomic E-state index is 14.0. The van der Waals surface area contributed by atoms with Crippen molar-refractivity contribution in [2.45, 2.75) is 18.9 Å². The first-order chi connectivity index (χ1) is 10.1. The number of fused-ring (bicyclic) bond motifs is 1. The van der Waals surface area contributed by atoms with Gasteiger partial charge in [0, 0.05) is 17.7 Å². The van der Waals surface area contributed by atoms with E-state index in [-0.39, 0.29) is 17.3 Å². The topological polar surface area (TPSA) is 58.3 Å². The lowest BCUT2D eigenvalue weighted by molar-refractivity contribution is 0.451. The Labute approximate surface area is 120 Å². The molecule has 0 radical (unpaired) electrons. The second kappa shape index (κ2) is 4.22. The van der Waals surface area contributed by atoms with Gasteiger partial charge in [0.1, 0.15) is 22.8 Å². The fourth-order valence-corrected chi connectivity index (χ4v) is 2.71. The van der Waals surface area contributed by atoms with Crippen molar-refractivity contribution in [1.29, 1.82) is 0 Å². The van der Waals surface area contributed by atoms with Gasteiger partial charge in [-0.15, -0.1) is 0 Å². The molecule has 0 spiro atoms. The molecule has 4 rings (SSSR count). The Kier molecular flexibility index (Phi) is 2.45. The quantitative estimate of drug-likeness (QED) is 0.756. The number of halogens is 1. The number of aromatic hydroxyl groups is 2. The van der Waals surface area contributed by atoms with Gasteiger partial charge < -0.3 is 14.8 Å². The second-order valence-electron chi connectivity index (χ2n) is 5.38. The van der Waals surface area contributed by atoms with Crippen molar-refractivity contribution < 1.29 is 14.6 Å². The average molecular weight is 284 g/mol. The van der Waals surface area contributed by atoms with Gasteiger partial charge in [-0.3, -0.25) is 0 Å². The molecule has 0 bridgehead atoms. The molecule has 1 fully saturated rings. The largest absolute Gasteiger partial charge is 0.508 e. The van der Waals surface area contributed by atoms with E-state index in [1.54, 1.807) is 6.07 Å². The zero-order valence-electron chi connectivity index (χ0n) is 11.1. The third kappa shape index (κ3) is 1.93. The van der Waals surface area contributed by atoms with Crippen LogP contribution in [0.3, 0.4) is 0 Å². The van der Waals surface area contributed by atoms with Crippen LogP contribution in [0.5, 0.6) is 11.5 Å². The third-order valence-corrected chi connectivity index (χ3v) is 3.74. The van der Waals surface area contributed by atoms with Crippen LogP contribution in [0, 0.1) is 5.82 Å². The molecule has 1 aliphatic rings. The highest BCUT2D eigenvalue weighted by atomic mass is 19.1. The second-order valence-corrected chi connectivity index (χ2v) is 5.38. The van der Waals surface area contributed by atoms with Crippen LogP contribution in [0.2, 0.25) is 0 Å². The zero-order valence-corrected chi connectivity index (χ0v) is 11.1. The van der Waals surface area contributed by atoms with Gasteiger partial charge in [-0.05, 0) is 37.1 Å². The minimum Gasteiger partial charge on any atom is -0.508 e. The van der Waals surface area contributed by atoms with Crippen molar-refractivity contribution >= 4 is 11.0 Å². The molecule has 0 atom stereocenters. The van der Waals surface area contributed by atoms with Gasteiger partial charge >= 0.3 is 0 Å². The average Bonchev–Trinajstić information content (AvgIpc) is 3.18. The highest BCUT2D eigenvalue weighted by Gasteiger charge is 2.29. The van der Waals surface area contributed by atoms with E-state index in [2.05, 4.69) is 4.98 Å². The molecule has 21 heavy (non-hydrogen) atoms. The highest BCUT2D eigenvalue weighted by molar-refractivity contribution is 5.82. The van der Waals surface area contributed by atoms with Crippen LogP contribution in [0.4, 0.5) is 4.39 Å². The van der Waals surface area contributed by atoms with E-state index in [0.717, 1.165) is 18.4 Å². The lowest BCUT2D eigenvalue weighted by atomic mass is 10.2. The number of nitrogens with zero attached hydrogens (tertiary/aromatic N) is 2. The van der Waals surface area contributed by atoms with Crippen LogP contribution >= 0.6 is 0 Å². The number of hydrogen-bond donors (Lipinski definition) is 2. The van der Waals surface area contributed by atoms with Crippen molar-refractivity contribution in [2.24, 2.45) is 0 Å². The van der Waals surface area contributed by atoms with Crippen molar-refractivity contribution in [3.05, 3.63) is 42.2 Å². The minimum absolute atomic E-state index is 0.0418. The monoisotopic (exact) mass is 284 g/mol. The molecule has 4 nitrogen and oxygen atoms in total. The van der Waals surface area contributed by atoms with Crippen molar-refractivity contribution in [3.8, 4) is 22.9 Å². The number of hydrogen-bond acceptors (Lipinski definition) is 3. The summed E-state index contributed by atoms with van der Waals surface area (Å²) >= 11 is 0. The summed E-state index contributed by atoms with van der Waals surface area (Å²) in [5.41, 5.74) is 1.65. The Morgan fingerprint density at radius 1 is 1.10 bits per heavy atom. The van der Waals surface area contributed by atoms with Crippen LogP contribution in [-0.4, -0.2) is 19.8 Å². The van der Waals surface area contributed by atoms with Crippen LogP contribution in [-0.2, 0) is 0 Å². The predicted octanol–water partition coefficient (Wildman–Crippen LogP) is 3.59. The summed E-state index contributed by atoms with van der Waals surface area (Å²) in [6, 6.07) is 9.51. The fourth-order valence-electron chi connectivity index (χ4n) is 2.71. The third-order valence-electron chi connectivity index (χ3n) is 3.74. The van der Waals surface area contributed by atoms with Gasteiger partial charge in [0.05, 0.1) is 5.52 Å².